The van der Waals surface area contributed by atoms with Crippen molar-refractivity contribution in [3.8, 4) is 10.6 Å². The Labute approximate surface area is 195 Å². The number of anilines is 1. The number of benzene rings is 1. The van der Waals surface area contributed by atoms with E-state index < -0.39 is 11.8 Å². The van der Waals surface area contributed by atoms with E-state index in [-0.39, 0.29) is 12.3 Å². The number of hydrazine groups is 1. The minimum atomic E-state index is -0.433. The maximum atomic E-state index is 12.5. The van der Waals surface area contributed by atoms with Crippen molar-refractivity contribution >= 4 is 56.9 Å². The molecule has 1 aromatic carbocycles. The van der Waals surface area contributed by atoms with Crippen molar-refractivity contribution in [2.45, 2.75) is 13.3 Å². The lowest BCUT2D eigenvalue weighted by Gasteiger charge is -2.05. The first-order valence-corrected chi connectivity index (χ1v) is 12.0. The highest BCUT2D eigenvalue weighted by Crippen LogP contribution is 2.27. The zero-order valence-electron chi connectivity index (χ0n) is 16.7. The number of carbonyl (C=O) groups is 3. The molecule has 0 fully saturated rings. The van der Waals surface area contributed by atoms with Gasteiger partial charge in [-0.3, -0.25) is 30.6 Å². The molecule has 3 amide bonds. The Kier molecular flexibility index (Phi) is 6.69. The maximum Gasteiger partial charge on any atom is 0.281 e. The molecule has 0 aliphatic carbocycles. The summed E-state index contributed by atoms with van der Waals surface area (Å²) < 4.78 is 0. The van der Waals surface area contributed by atoms with Crippen molar-refractivity contribution < 1.29 is 14.4 Å². The van der Waals surface area contributed by atoms with E-state index in [0.29, 0.717) is 26.3 Å². The summed E-state index contributed by atoms with van der Waals surface area (Å²) in [4.78, 5) is 46.5. The zero-order valence-corrected chi connectivity index (χ0v) is 19.2. The average Bonchev–Trinajstić information content (AvgIpc) is 3.54. The number of thiophene rings is 1. The van der Waals surface area contributed by atoms with Crippen LogP contribution in [-0.2, 0) is 11.2 Å². The third-order valence-corrected chi connectivity index (χ3v) is 7.08. The fourth-order valence-electron chi connectivity index (χ4n) is 2.72. The molecule has 0 radical (unpaired) electrons. The number of nitrogens with zero attached hydrogens (tertiary/aromatic N) is 2. The predicted octanol–water partition coefficient (Wildman–Crippen LogP) is 3.89. The number of hydrogen-bond donors (Lipinski definition) is 3. The second kappa shape index (κ2) is 9.81. The quantitative estimate of drug-likeness (QED) is 0.360. The van der Waals surface area contributed by atoms with Gasteiger partial charge in [0.2, 0.25) is 5.91 Å². The molecule has 0 aliphatic rings. The van der Waals surface area contributed by atoms with Crippen LogP contribution < -0.4 is 16.2 Å². The van der Waals surface area contributed by atoms with Crippen LogP contribution in [-0.4, -0.2) is 27.7 Å². The van der Waals surface area contributed by atoms with E-state index in [0.717, 1.165) is 10.6 Å². The second-order valence-corrected chi connectivity index (χ2v) is 9.36. The minimum absolute atomic E-state index is 0.0391. The van der Waals surface area contributed by atoms with Gasteiger partial charge < -0.3 is 0 Å². The largest absolute Gasteiger partial charge is 0.297 e. The average molecular weight is 484 g/mol. The van der Waals surface area contributed by atoms with Crippen molar-refractivity contribution in [3.05, 3.63) is 74.4 Å². The molecule has 162 valence electrons. The van der Waals surface area contributed by atoms with Gasteiger partial charge in [0, 0.05) is 10.9 Å². The third kappa shape index (κ3) is 5.25. The first-order valence-electron chi connectivity index (χ1n) is 9.41. The summed E-state index contributed by atoms with van der Waals surface area (Å²) in [6, 6.07) is 13.1. The molecule has 0 saturated carbocycles. The second-order valence-electron chi connectivity index (χ2n) is 6.55. The smallest absolute Gasteiger partial charge is 0.281 e. The van der Waals surface area contributed by atoms with Crippen LogP contribution in [0.2, 0.25) is 0 Å². The molecule has 32 heavy (non-hydrogen) atoms. The van der Waals surface area contributed by atoms with E-state index in [4.69, 9.17) is 0 Å². The Morgan fingerprint density at radius 1 is 0.938 bits per heavy atom. The van der Waals surface area contributed by atoms with Gasteiger partial charge in [-0.1, -0.05) is 36.4 Å². The molecule has 4 aromatic rings. The van der Waals surface area contributed by atoms with Crippen molar-refractivity contribution in [2.24, 2.45) is 0 Å². The summed E-state index contributed by atoms with van der Waals surface area (Å²) in [5, 5.41) is 7.35. The number of carbonyl (C=O) groups excluding carboxylic acids is 3. The number of aromatic nitrogens is 2. The Morgan fingerprint density at radius 2 is 1.75 bits per heavy atom. The molecule has 4 rings (SSSR count). The van der Waals surface area contributed by atoms with Crippen LogP contribution in [0.15, 0.2) is 53.2 Å². The molecule has 3 heterocycles. The number of hydrogen-bond acceptors (Lipinski definition) is 8. The lowest BCUT2D eigenvalue weighted by molar-refractivity contribution is -0.121. The number of amides is 3. The molecular formula is C21H17N5O3S3. The van der Waals surface area contributed by atoms with Crippen LogP contribution in [0.25, 0.3) is 10.6 Å². The fourth-order valence-corrected chi connectivity index (χ4v) is 5.01. The summed E-state index contributed by atoms with van der Waals surface area (Å²) in [6.45, 7) is 1.75. The van der Waals surface area contributed by atoms with Crippen LogP contribution >= 0.6 is 34.0 Å². The molecule has 0 saturated heterocycles. The van der Waals surface area contributed by atoms with Crippen LogP contribution in [0.3, 0.4) is 0 Å². The standard InChI is InChI=1S/C21H17N5O3S3/c1-12-17(32-20(22-12)13-6-3-2-4-7-13)19(29)26-25-16(27)10-14-11-31-21(23-14)24-18(28)15-8-5-9-30-15/h2-9,11H,10H2,1H3,(H,25,27)(H,26,29)(H,23,24,28). The maximum absolute atomic E-state index is 12.5. The van der Waals surface area contributed by atoms with Crippen molar-refractivity contribution in [1.29, 1.82) is 0 Å². The van der Waals surface area contributed by atoms with Gasteiger partial charge in [0.1, 0.15) is 9.88 Å². The van der Waals surface area contributed by atoms with E-state index in [2.05, 4.69) is 26.1 Å². The van der Waals surface area contributed by atoms with Crippen molar-refractivity contribution in [2.75, 3.05) is 5.32 Å². The van der Waals surface area contributed by atoms with Gasteiger partial charge in [-0.15, -0.1) is 34.0 Å². The van der Waals surface area contributed by atoms with E-state index in [1.807, 2.05) is 35.7 Å². The summed E-state index contributed by atoms with van der Waals surface area (Å²) in [6.07, 6.45) is -0.0391. The fraction of sp³-hybridized carbons (Fsp3) is 0.0952. The summed E-state index contributed by atoms with van der Waals surface area (Å²) >= 11 is 3.82. The van der Waals surface area contributed by atoms with E-state index in [1.165, 1.54) is 34.0 Å². The van der Waals surface area contributed by atoms with Gasteiger partial charge >= 0.3 is 0 Å². The minimum Gasteiger partial charge on any atom is -0.297 e. The van der Waals surface area contributed by atoms with Gasteiger partial charge in [-0.2, -0.15) is 0 Å². The first kappa shape index (κ1) is 21.8. The summed E-state index contributed by atoms with van der Waals surface area (Å²) in [5.41, 5.74) is 6.82. The lowest BCUT2D eigenvalue weighted by atomic mass is 10.2. The van der Waals surface area contributed by atoms with E-state index >= 15 is 0 Å². The van der Waals surface area contributed by atoms with Crippen LogP contribution in [0, 0.1) is 6.92 Å². The number of thiazole rings is 2. The highest BCUT2D eigenvalue weighted by atomic mass is 32.1. The van der Waals surface area contributed by atoms with Crippen molar-refractivity contribution in [3.63, 3.8) is 0 Å². The van der Waals surface area contributed by atoms with Gasteiger partial charge in [-0.05, 0) is 18.4 Å². The van der Waals surface area contributed by atoms with Crippen LogP contribution in [0.1, 0.15) is 30.7 Å². The number of rotatable bonds is 6. The molecule has 11 heteroatoms. The SMILES string of the molecule is Cc1nc(-c2ccccc2)sc1C(=O)NNC(=O)Cc1csc(NC(=O)c2cccs2)n1. The summed E-state index contributed by atoms with van der Waals surface area (Å²) in [7, 11) is 0. The monoisotopic (exact) mass is 483 g/mol. The Bertz CT molecular complexity index is 1250. The molecule has 0 atom stereocenters. The lowest BCUT2D eigenvalue weighted by Crippen LogP contribution is -2.42. The van der Waals surface area contributed by atoms with E-state index in [1.54, 1.807) is 24.4 Å². The molecule has 8 nitrogen and oxygen atoms in total. The molecule has 0 bridgehead atoms. The highest BCUT2D eigenvalue weighted by Gasteiger charge is 2.17. The van der Waals surface area contributed by atoms with E-state index in [9.17, 15) is 14.4 Å². The molecular weight excluding hydrogens is 466 g/mol. The normalized spacial score (nSPS) is 10.5. The Hall–Kier alpha value is -3.41. The Morgan fingerprint density at radius 3 is 2.50 bits per heavy atom. The van der Waals surface area contributed by atoms with Gasteiger partial charge in [0.25, 0.3) is 11.8 Å². The first-order chi connectivity index (χ1) is 15.5. The molecule has 0 unspecified atom stereocenters. The highest BCUT2D eigenvalue weighted by molar-refractivity contribution is 7.17. The molecule has 0 aliphatic heterocycles. The number of nitrogens with one attached hydrogen (secondary N) is 3. The Balaban J connectivity index is 1.30. The van der Waals surface area contributed by atoms with Gasteiger partial charge in [0.05, 0.1) is 22.7 Å². The third-order valence-electron chi connectivity index (χ3n) is 4.20. The van der Waals surface area contributed by atoms with Crippen LogP contribution in [0.5, 0.6) is 0 Å². The topological polar surface area (TPSA) is 113 Å². The predicted molar refractivity (Wildman–Crippen MR) is 126 cm³/mol. The van der Waals surface area contributed by atoms with Crippen LogP contribution in [0.4, 0.5) is 5.13 Å². The molecule has 3 aromatic heterocycles. The van der Waals surface area contributed by atoms with Crippen molar-refractivity contribution in [1.82, 2.24) is 20.8 Å². The molecule has 3 N–H and O–H groups in total. The number of aryl methyl sites for hydroxylation is 1. The van der Waals surface area contributed by atoms with Gasteiger partial charge in [0.15, 0.2) is 5.13 Å². The molecule has 0 spiro atoms. The zero-order chi connectivity index (χ0) is 22.5. The summed E-state index contributed by atoms with van der Waals surface area (Å²) in [5.74, 6) is -1.10. The van der Waals surface area contributed by atoms with Gasteiger partial charge in [-0.25, -0.2) is 9.97 Å².